The maximum atomic E-state index is 12.5. The van der Waals surface area contributed by atoms with E-state index < -0.39 is 0 Å². The third kappa shape index (κ3) is 3.28. The fourth-order valence-electron chi connectivity index (χ4n) is 2.40. The van der Waals surface area contributed by atoms with E-state index in [0.29, 0.717) is 17.2 Å². The van der Waals surface area contributed by atoms with E-state index in [0.717, 1.165) is 30.4 Å². The largest absolute Gasteiger partial charge is 0.497 e. The fraction of sp³-hybridized carbons (Fsp3) is 0.500. The van der Waals surface area contributed by atoms with Gasteiger partial charge in [0.05, 0.1) is 12.7 Å². The van der Waals surface area contributed by atoms with Gasteiger partial charge < -0.3 is 14.7 Å². The van der Waals surface area contributed by atoms with Crippen LogP contribution in [0.15, 0.2) is 22.7 Å². The van der Waals surface area contributed by atoms with Gasteiger partial charge in [0.15, 0.2) is 0 Å². The number of halogens is 1. The van der Waals surface area contributed by atoms with Crippen molar-refractivity contribution in [3.63, 3.8) is 0 Å². The number of benzene rings is 1. The number of aliphatic hydroxyl groups excluding tert-OH is 1. The molecule has 1 saturated heterocycles. The first-order chi connectivity index (χ1) is 9.15. The zero-order valence-corrected chi connectivity index (χ0v) is 12.5. The molecular weight excluding hydrogens is 310 g/mol. The summed E-state index contributed by atoms with van der Waals surface area (Å²) in [4.78, 5) is 14.3. The summed E-state index contributed by atoms with van der Waals surface area (Å²) in [5, 5.41) is 8.95. The number of likely N-dealkylation sites (tertiary alicyclic amines) is 1. The minimum absolute atomic E-state index is 0.0196. The molecule has 1 unspecified atom stereocenters. The molecule has 1 amide bonds. The molecule has 0 radical (unpaired) electrons. The molecule has 1 N–H and O–H groups in total. The van der Waals surface area contributed by atoms with E-state index in [1.165, 1.54) is 0 Å². The predicted molar refractivity (Wildman–Crippen MR) is 76.4 cm³/mol. The lowest BCUT2D eigenvalue weighted by atomic mass is 10.1. The lowest BCUT2D eigenvalue weighted by Gasteiger charge is -2.17. The Kier molecular flexibility index (Phi) is 4.82. The molecule has 1 aromatic carbocycles. The molecule has 0 aliphatic carbocycles. The van der Waals surface area contributed by atoms with Crippen LogP contribution in [0.4, 0.5) is 0 Å². The van der Waals surface area contributed by atoms with E-state index in [9.17, 15) is 4.79 Å². The predicted octanol–water partition coefficient (Wildman–Crippen LogP) is 2.30. The third-order valence-electron chi connectivity index (χ3n) is 3.51. The Hall–Kier alpha value is -1.07. The van der Waals surface area contributed by atoms with Crippen molar-refractivity contribution in [1.82, 2.24) is 4.90 Å². The highest BCUT2D eigenvalue weighted by molar-refractivity contribution is 9.10. The van der Waals surface area contributed by atoms with Gasteiger partial charge in [-0.3, -0.25) is 4.79 Å². The standard InChI is InChI=1S/C14H18BrNO3/c1-19-11-2-3-13(15)12(8-11)14(18)16-6-4-10(9-16)5-7-17/h2-3,8,10,17H,4-7,9H2,1H3. The molecule has 0 saturated carbocycles. The lowest BCUT2D eigenvalue weighted by molar-refractivity contribution is 0.0783. The number of carbonyl (C=O) groups excluding carboxylic acids is 1. The second kappa shape index (κ2) is 6.39. The van der Waals surface area contributed by atoms with E-state index in [1.807, 2.05) is 17.0 Å². The quantitative estimate of drug-likeness (QED) is 0.923. The van der Waals surface area contributed by atoms with Gasteiger partial charge in [-0.15, -0.1) is 0 Å². The molecule has 104 valence electrons. The van der Waals surface area contributed by atoms with Gasteiger partial charge in [0.2, 0.25) is 0 Å². The van der Waals surface area contributed by atoms with E-state index >= 15 is 0 Å². The van der Waals surface area contributed by atoms with Crippen molar-refractivity contribution in [2.45, 2.75) is 12.8 Å². The van der Waals surface area contributed by atoms with Crippen LogP contribution in [-0.4, -0.2) is 42.7 Å². The monoisotopic (exact) mass is 327 g/mol. The average Bonchev–Trinajstić information content (AvgIpc) is 2.88. The van der Waals surface area contributed by atoms with Gasteiger partial charge in [-0.1, -0.05) is 0 Å². The number of ether oxygens (including phenoxy) is 1. The molecule has 2 rings (SSSR count). The van der Waals surface area contributed by atoms with Gasteiger partial charge in [-0.05, 0) is 52.9 Å². The highest BCUT2D eigenvalue weighted by Crippen LogP contribution is 2.27. The van der Waals surface area contributed by atoms with Crippen molar-refractivity contribution >= 4 is 21.8 Å². The number of carbonyl (C=O) groups is 1. The number of nitrogens with zero attached hydrogens (tertiary/aromatic N) is 1. The maximum Gasteiger partial charge on any atom is 0.255 e. The normalized spacial score (nSPS) is 18.7. The summed E-state index contributed by atoms with van der Waals surface area (Å²) < 4.78 is 5.94. The van der Waals surface area contributed by atoms with E-state index in [1.54, 1.807) is 13.2 Å². The highest BCUT2D eigenvalue weighted by Gasteiger charge is 2.27. The smallest absolute Gasteiger partial charge is 0.255 e. The number of methoxy groups -OCH3 is 1. The first-order valence-electron chi connectivity index (χ1n) is 6.39. The molecule has 1 aliphatic heterocycles. The summed E-state index contributed by atoms with van der Waals surface area (Å²) in [6, 6.07) is 5.40. The van der Waals surface area contributed by atoms with Crippen LogP contribution < -0.4 is 4.74 Å². The molecule has 5 heteroatoms. The minimum atomic E-state index is 0.0196. The lowest BCUT2D eigenvalue weighted by Crippen LogP contribution is -2.29. The van der Waals surface area contributed by atoms with E-state index in [-0.39, 0.29) is 12.5 Å². The topological polar surface area (TPSA) is 49.8 Å². The summed E-state index contributed by atoms with van der Waals surface area (Å²) >= 11 is 3.41. The Labute approximate surface area is 121 Å². The van der Waals surface area contributed by atoms with E-state index in [4.69, 9.17) is 9.84 Å². The van der Waals surface area contributed by atoms with Crippen molar-refractivity contribution in [2.24, 2.45) is 5.92 Å². The SMILES string of the molecule is COc1ccc(Br)c(C(=O)N2CCC(CCO)C2)c1. The summed E-state index contributed by atoms with van der Waals surface area (Å²) in [6.07, 6.45) is 1.73. The Balaban J connectivity index is 2.12. The molecule has 0 bridgehead atoms. The molecule has 0 spiro atoms. The van der Waals surface area contributed by atoms with Gasteiger partial charge in [0, 0.05) is 24.2 Å². The second-order valence-electron chi connectivity index (χ2n) is 4.76. The summed E-state index contributed by atoms with van der Waals surface area (Å²) in [6.45, 7) is 1.67. The van der Waals surface area contributed by atoms with Crippen LogP contribution in [0.1, 0.15) is 23.2 Å². The first-order valence-corrected chi connectivity index (χ1v) is 7.18. The molecule has 4 nitrogen and oxygen atoms in total. The van der Waals surface area contributed by atoms with Gasteiger partial charge in [0.1, 0.15) is 5.75 Å². The van der Waals surface area contributed by atoms with Crippen LogP contribution in [0, 0.1) is 5.92 Å². The third-order valence-corrected chi connectivity index (χ3v) is 4.21. The molecule has 1 aliphatic rings. The molecule has 1 fully saturated rings. The molecular formula is C14H18BrNO3. The van der Waals surface area contributed by atoms with Crippen molar-refractivity contribution < 1.29 is 14.6 Å². The summed E-state index contributed by atoms with van der Waals surface area (Å²) in [5.41, 5.74) is 0.629. The van der Waals surface area contributed by atoms with Crippen LogP contribution in [-0.2, 0) is 0 Å². The Morgan fingerprint density at radius 2 is 2.37 bits per heavy atom. The number of rotatable bonds is 4. The van der Waals surface area contributed by atoms with Crippen LogP contribution in [0.2, 0.25) is 0 Å². The average molecular weight is 328 g/mol. The van der Waals surface area contributed by atoms with Crippen LogP contribution in [0.3, 0.4) is 0 Å². The molecule has 1 aromatic rings. The zero-order chi connectivity index (χ0) is 13.8. The Morgan fingerprint density at radius 3 is 3.05 bits per heavy atom. The Morgan fingerprint density at radius 1 is 1.58 bits per heavy atom. The van der Waals surface area contributed by atoms with Gasteiger partial charge in [-0.2, -0.15) is 0 Å². The fourth-order valence-corrected chi connectivity index (χ4v) is 2.82. The van der Waals surface area contributed by atoms with Crippen LogP contribution in [0.5, 0.6) is 5.75 Å². The van der Waals surface area contributed by atoms with Crippen molar-refractivity contribution in [2.75, 3.05) is 26.8 Å². The highest BCUT2D eigenvalue weighted by atomic mass is 79.9. The summed E-state index contributed by atoms with van der Waals surface area (Å²) in [5.74, 6) is 1.11. The number of amides is 1. The number of aliphatic hydroxyl groups is 1. The van der Waals surface area contributed by atoms with Crippen molar-refractivity contribution in [3.05, 3.63) is 28.2 Å². The van der Waals surface area contributed by atoms with Crippen LogP contribution in [0.25, 0.3) is 0 Å². The number of hydrogen-bond acceptors (Lipinski definition) is 3. The molecule has 1 atom stereocenters. The molecule has 1 heterocycles. The second-order valence-corrected chi connectivity index (χ2v) is 5.62. The van der Waals surface area contributed by atoms with Gasteiger partial charge in [0.25, 0.3) is 5.91 Å². The molecule has 0 aromatic heterocycles. The number of hydrogen-bond donors (Lipinski definition) is 1. The maximum absolute atomic E-state index is 12.5. The zero-order valence-electron chi connectivity index (χ0n) is 10.9. The first kappa shape index (κ1) is 14.3. The summed E-state index contributed by atoms with van der Waals surface area (Å²) in [7, 11) is 1.59. The Bertz CT molecular complexity index is 464. The minimum Gasteiger partial charge on any atom is -0.497 e. The van der Waals surface area contributed by atoms with Crippen molar-refractivity contribution in [1.29, 1.82) is 0 Å². The van der Waals surface area contributed by atoms with E-state index in [2.05, 4.69) is 15.9 Å². The van der Waals surface area contributed by atoms with Gasteiger partial charge in [-0.25, -0.2) is 0 Å². The van der Waals surface area contributed by atoms with Gasteiger partial charge >= 0.3 is 0 Å². The van der Waals surface area contributed by atoms with Crippen molar-refractivity contribution in [3.8, 4) is 5.75 Å². The molecule has 19 heavy (non-hydrogen) atoms. The van der Waals surface area contributed by atoms with Crippen LogP contribution >= 0.6 is 15.9 Å².